The molecule has 0 aliphatic carbocycles. The fourth-order valence-electron chi connectivity index (χ4n) is 4.62. The molecule has 3 unspecified atom stereocenters. The molecule has 0 radical (unpaired) electrons. The number of hydrogen-bond donors (Lipinski definition) is 1. The van der Waals surface area contributed by atoms with Gasteiger partial charge in [0, 0.05) is 30.3 Å². The van der Waals surface area contributed by atoms with E-state index in [2.05, 4.69) is 35.1 Å². The number of amides is 1. The van der Waals surface area contributed by atoms with Gasteiger partial charge in [0.1, 0.15) is 5.75 Å². The summed E-state index contributed by atoms with van der Waals surface area (Å²) in [5.41, 5.74) is 3.40. The standard InChI is InChI=1S/C25H32N2O3S/c1-2-31(29)26-22-14-15-27-23(22)18-19-9-8-10-20(17-19)21-11-5-6-12-24(21)30-16-7-3-4-13-25(27)28/h5-6,8-12,17,22-23,26H,2-4,7,13-16,18H2,1H3. The number of nitrogens with one attached hydrogen (secondary N) is 1. The van der Waals surface area contributed by atoms with Crippen LogP contribution in [-0.4, -0.2) is 46.0 Å². The molecule has 3 atom stereocenters. The van der Waals surface area contributed by atoms with Gasteiger partial charge in [0.05, 0.1) is 23.6 Å². The number of nitrogens with zero attached hydrogens (tertiary/aromatic N) is 1. The minimum absolute atomic E-state index is 0.0230. The Bertz CT molecular complexity index is 932. The Balaban J connectivity index is 1.67. The van der Waals surface area contributed by atoms with E-state index in [0.717, 1.165) is 55.5 Å². The van der Waals surface area contributed by atoms with Crippen LogP contribution >= 0.6 is 0 Å². The van der Waals surface area contributed by atoms with Crippen molar-refractivity contribution in [2.24, 2.45) is 0 Å². The van der Waals surface area contributed by atoms with Crippen molar-refractivity contribution >= 4 is 16.9 Å². The molecule has 0 saturated carbocycles. The van der Waals surface area contributed by atoms with Gasteiger partial charge in [-0.3, -0.25) is 4.79 Å². The molecule has 1 amide bonds. The number of ether oxygens (including phenoxy) is 1. The molecule has 2 aromatic rings. The van der Waals surface area contributed by atoms with Crippen molar-refractivity contribution in [2.45, 2.75) is 57.5 Å². The Hall–Kier alpha value is -2.18. The number of carbonyl (C=O) groups excluding carboxylic acids is 1. The maximum Gasteiger partial charge on any atom is 0.222 e. The molecule has 2 heterocycles. The molecule has 31 heavy (non-hydrogen) atoms. The highest BCUT2D eigenvalue weighted by Gasteiger charge is 2.37. The van der Waals surface area contributed by atoms with Crippen molar-refractivity contribution in [3.63, 3.8) is 0 Å². The Labute approximate surface area is 187 Å². The van der Waals surface area contributed by atoms with E-state index in [-0.39, 0.29) is 18.0 Å². The second kappa shape index (κ2) is 10.4. The van der Waals surface area contributed by atoms with Crippen molar-refractivity contribution in [3.05, 3.63) is 54.1 Å². The SMILES string of the molecule is CCS(=O)NC1CCN2C(=O)CCCCCOc3ccccc3-c3cccc(c3)CC12. The van der Waals surface area contributed by atoms with Crippen LogP contribution in [0.15, 0.2) is 48.5 Å². The normalized spacial score (nSPS) is 23.1. The molecule has 0 spiro atoms. The third-order valence-corrected chi connectivity index (χ3v) is 7.36. The maximum atomic E-state index is 13.0. The number of rotatable bonds is 3. The largest absolute Gasteiger partial charge is 0.493 e. The van der Waals surface area contributed by atoms with E-state index in [1.165, 1.54) is 5.56 Å². The van der Waals surface area contributed by atoms with Crippen LogP contribution in [0.25, 0.3) is 11.1 Å². The molecule has 5 nitrogen and oxygen atoms in total. The first-order valence-corrected chi connectivity index (χ1v) is 12.7. The van der Waals surface area contributed by atoms with Gasteiger partial charge in [-0.05, 0) is 49.3 Å². The van der Waals surface area contributed by atoms with Gasteiger partial charge in [-0.15, -0.1) is 0 Å². The molecule has 166 valence electrons. The number of para-hydroxylation sites is 1. The lowest BCUT2D eigenvalue weighted by Crippen LogP contribution is -2.46. The van der Waals surface area contributed by atoms with Crippen LogP contribution in [0.5, 0.6) is 5.75 Å². The molecule has 2 aliphatic rings. The summed E-state index contributed by atoms with van der Waals surface area (Å²) in [6.45, 7) is 3.31. The molecular weight excluding hydrogens is 408 g/mol. The lowest BCUT2D eigenvalue weighted by molar-refractivity contribution is -0.132. The van der Waals surface area contributed by atoms with E-state index in [9.17, 15) is 9.00 Å². The molecule has 2 aromatic carbocycles. The zero-order chi connectivity index (χ0) is 21.6. The van der Waals surface area contributed by atoms with Gasteiger partial charge >= 0.3 is 0 Å². The monoisotopic (exact) mass is 440 g/mol. The van der Waals surface area contributed by atoms with Crippen LogP contribution < -0.4 is 9.46 Å². The summed E-state index contributed by atoms with van der Waals surface area (Å²) in [6.07, 6.45) is 4.95. The fraction of sp³-hybridized carbons (Fsp3) is 0.480. The summed E-state index contributed by atoms with van der Waals surface area (Å²) < 4.78 is 21.6. The van der Waals surface area contributed by atoms with Crippen LogP contribution in [0, 0.1) is 0 Å². The summed E-state index contributed by atoms with van der Waals surface area (Å²) in [5, 5.41) is 0. The highest BCUT2D eigenvalue weighted by atomic mass is 32.2. The number of benzene rings is 2. The minimum Gasteiger partial charge on any atom is -0.493 e. The topological polar surface area (TPSA) is 58.6 Å². The highest BCUT2D eigenvalue weighted by Crippen LogP contribution is 2.32. The zero-order valence-corrected chi connectivity index (χ0v) is 19.0. The predicted octanol–water partition coefficient (Wildman–Crippen LogP) is 4.09. The fourth-order valence-corrected chi connectivity index (χ4v) is 5.40. The first-order valence-electron chi connectivity index (χ1n) is 11.4. The molecule has 1 fully saturated rings. The van der Waals surface area contributed by atoms with E-state index in [0.29, 0.717) is 18.8 Å². The first kappa shape index (κ1) is 22.0. The summed E-state index contributed by atoms with van der Waals surface area (Å²) in [7, 11) is -1.06. The van der Waals surface area contributed by atoms with Crippen LogP contribution in [0.1, 0.15) is 44.6 Å². The summed E-state index contributed by atoms with van der Waals surface area (Å²) >= 11 is 0. The average molecular weight is 441 g/mol. The maximum absolute atomic E-state index is 13.0. The summed E-state index contributed by atoms with van der Waals surface area (Å²) in [6, 6.07) is 16.8. The average Bonchev–Trinajstić information content (AvgIpc) is 3.17. The van der Waals surface area contributed by atoms with Crippen LogP contribution in [-0.2, 0) is 22.2 Å². The first-order chi connectivity index (χ1) is 15.2. The molecule has 1 N–H and O–H groups in total. The van der Waals surface area contributed by atoms with E-state index in [1.807, 2.05) is 30.0 Å². The lowest BCUT2D eigenvalue weighted by Gasteiger charge is -2.29. The number of carbonyl (C=O) groups is 1. The van der Waals surface area contributed by atoms with Gasteiger partial charge < -0.3 is 9.64 Å². The third-order valence-electron chi connectivity index (χ3n) is 6.27. The minimum atomic E-state index is -1.06. The van der Waals surface area contributed by atoms with Gasteiger partial charge in [0.15, 0.2) is 0 Å². The number of fused-ring (bicyclic) bond motifs is 5. The second-order valence-corrected chi connectivity index (χ2v) is 9.87. The van der Waals surface area contributed by atoms with Gasteiger partial charge in [-0.2, -0.15) is 0 Å². The van der Waals surface area contributed by atoms with Crippen molar-refractivity contribution in [1.82, 2.24) is 9.62 Å². The number of hydrogen-bond acceptors (Lipinski definition) is 3. The van der Waals surface area contributed by atoms with E-state index in [1.54, 1.807) is 0 Å². The zero-order valence-electron chi connectivity index (χ0n) is 18.2. The molecule has 0 aromatic heterocycles. The lowest BCUT2D eigenvalue weighted by atomic mass is 9.96. The van der Waals surface area contributed by atoms with Crippen LogP contribution in [0.4, 0.5) is 0 Å². The highest BCUT2D eigenvalue weighted by molar-refractivity contribution is 7.83. The molecular formula is C25H32N2O3S. The van der Waals surface area contributed by atoms with Crippen molar-refractivity contribution < 1.29 is 13.7 Å². The molecule has 2 aliphatic heterocycles. The quantitative estimate of drug-likeness (QED) is 0.782. The van der Waals surface area contributed by atoms with Gasteiger partial charge in [0.25, 0.3) is 0 Å². The van der Waals surface area contributed by atoms with E-state index in [4.69, 9.17) is 4.74 Å². The smallest absolute Gasteiger partial charge is 0.222 e. The Morgan fingerprint density at radius 2 is 2.00 bits per heavy atom. The van der Waals surface area contributed by atoms with Crippen molar-refractivity contribution in [3.8, 4) is 16.9 Å². The van der Waals surface area contributed by atoms with E-state index >= 15 is 0 Å². The Morgan fingerprint density at radius 1 is 1.13 bits per heavy atom. The molecule has 6 heteroatoms. The summed E-state index contributed by atoms with van der Waals surface area (Å²) in [5.74, 6) is 1.70. The second-order valence-electron chi connectivity index (χ2n) is 8.36. The summed E-state index contributed by atoms with van der Waals surface area (Å²) in [4.78, 5) is 15.1. The van der Waals surface area contributed by atoms with E-state index < -0.39 is 11.0 Å². The van der Waals surface area contributed by atoms with Crippen LogP contribution in [0.3, 0.4) is 0 Å². The Morgan fingerprint density at radius 3 is 2.87 bits per heavy atom. The third kappa shape index (κ3) is 5.36. The molecule has 4 rings (SSSR count). The predicted molar refractivity (Wildman–Crippen MR) is 125 cm³/mol. The Kier molecular flexibility index (Phi) is 7.41. The van der Waals surface area contributed by atoms with Gasteiger partial charge in [-0.25, -0.2) is 8.93 Å². The van der Waals surface area contributed by atoms with Gasteiger partial charge in [0.2, 0.25) is 5.91 Å². The van der Waals surface area contributed by atoms with Crippen molar-refractivity contribution in [1.29, 1.82) is 0 Å². The van der Waals surface area contributed by atoms with Crippen LogP contribution in [0.2, 0.25) is 0 Å². The molecule has 2 bridgehead atoms. The van der Waals surface area contributed by atoms with Gasteiger partial charge in [-0.1, -0.05) is 49.4 Å². The van der Waals surface area contributed by atoms with Crippen molar-refractivity contribution in [2.75, 3.05) is 18.9 Å². The molecule has 1 saturated heterocycles.